The number of ether oxygens (including phenoxy) is 1. The van der Waals surface area contributed by atoms with E-state index in [1.165, 1.54) is 19.6 Å². The summed E-state index contributed by atoms with van der Waals surface area (Å²) >= 11 is 0. The molecule has 1 atom stereocenters. The summed E-state index contributed by atoms with van der Waals surface area (Å²) < 4.78 is 4.69. The van der Waals surface area contributed by atoms with Gasteiger partial charge in [0.2, 0.25) is 0 Å². The van der Waals surface area contributed by atoms with Crippen LogP contribution in [0.3, 0.4) is 0 Å². The highest BCUT2D eigenvalue weighted by Crippen LogP contribution is 2.03. The van der Waals surface area contributed by atoms with E-state index in [0.717, 1.165) is 5.69 Å². The normalized spacial score (nSPS) is 11.7. The first-order chi connectivity index (χ1) is 9.70. The minimum Gasteiger partial charge on any atom is -0.467 e. The van der Waals surface area contributed by atoms with Crippen LogP contribution in [0.4, 0.5) is 0 Å². The molecule has 0 aliphatic rings. The number of esters is 1. The standard InChI is InChI=1S/C13H14N4O3/c1-20-13(19)11(5-10-7-15-8-16-10)17-12(18)9-3-2-4-14-6-9/h2-4,6-8,11H,5H2,1H3,(H,15,16)(H,17,18)/t11-/m0/s1. The lowest BCUT2D eigenvalue weighted by Crippen LogP contribution is -2.43. The summed E-state index contributed by atoms with van der Waals surface area (Å²) in [5.41, 5.74) is 1.11. The molecule has 2 N–H and O–H groups in total. The van der Waals surface area contributed by atoms with Crippen LogP contribution in [0.25, 0.3) is 0 Å². The lowest BCUT2D eigenvalue weighted by molar-refractivity contribution is -0.142. The summed E-state index contributed by atoms with van der Waals surface area (Å²) in [6.45, 7) is 0. The Kier molecular flexibility index (Phi) is 4.43. The third kappa shape index (κ3) is 3.41. The molecule has 0 bridgehead atoms. The summed E-state index contributed by atoms with van der Waals surface area (Å²) in [6, 6.07) is 2.48. The van der Waals surface area contributed by atoms with Crippen molar-refractivity contribution in [1.82, 2.24) is 20.3 Å². The molecule has 7 nitrogen and oxygen atoms in total. The van der Waals surface area contributed by atoms with Crippen molar-refractivity contribution >= 4 is 11.9 Å². The maximum atomic E-state index is 12.0. The number of pyridine rings is 1. The van der Waals surface area contributed by atoms with Gasteiger partial charge in [-0.05, 0) is 12.1 Å². The van der Waals surface area contributed by atoms with Gasteiger partial charge in [0.15, 0.2) is 0 Å². The highest BCUT2D eigenvalue weighted by Gasteiger charge is 2.23. The number of rotatable bonds is 5. The predicted molar refractivity (Wildman–Crippen MR) is 69.8 cm³/mol. The first-order valence-corrected chi connectivity index (χ1v) is 5.96. The van der Waals surface area contributed by atoms with Crippen LogP contribution in [0, 0.1) is 0 Å². The number of carbonyl (C=O) groups is 2. The number of nitrogens with zero attached hydrogens (tertiary/aromatic N) is 2. The molecule has 0 radical (unpaired) electrons. The van der Waals surface area contributed by atoms with Gasteiger partial charge in [-0.25, -0.2) is 9.78 Å². The molecule has 0 spiro atoms. The molecule has 0 saturated heterocycles. The van der Waals surface area contributed by atoms with Gasteiger partial charge >= 0.3 is 5.97 Å². The quantitative estimate of drug-likeness (QED) is 0.765. The Hall–Kier alpha value is -2.70. The fourth-order valence-corrected chi connectivity index (χ4v) is 1.69. The van der Waals surface area contributed by atoms with Gasteiger partial charge < -0.3 is 15.0 Å². The molecule has 20 heavy (non-hydrogen) atoms. The second-order valence-electron chi connectivity index (χ2n) is 4.07. The second-order valence-corrected chi connectivity index (χ2v) is 4.07. The Morgan fingerprint density at radius 2 is 2.25 bits per heavy atom. The minimum absolute atomic E-state index is 0.276. The summed E-state index contributed by atoms with van der Waals surface area (Å²) in [5, 5.41) is 2.62. The lowest BCUT2D eigenvalue weighted by atomic mass is 10.1. The van der Waals surface area contributed by atoms with Crippen LogP contribution in [-0.4, -0.2) is 40.0 Å². The van der Waals surface area contributed by atoms with Crippen molar-refractivity contribution in [3.63, 3.8) is 0 Å². The highest BCUT2D eigenvalue weighted by molar-refractivity contribution is 5.96. The summed E-state index contributed by atoms with van der Waals surface area (Å²) in [5.74, 6) is -0.898. The van der Waals surface area contributed by atoms with Gasteiger partial charge in [-0.3, -0.25) is 9.78 Å². The smallest absolute Gasteiger partial charge is 0.328 e. The summed E-state index contributed by atoms with van der Waals surface area (Å²) in [6.07, 6.45) is 6.37. The van der Waals surface area contributed by atoms with E-state index in [-0.39, 0.29) is 12.3 Å². The Bertz CT molecular complexity index is 569. The van der Waals surface area contributed by atoms with Crippen molar-refractivity contribution in [2.45, 2.75) is 12.5 Å². The van der Waals surface area contributed by atoms with Gasteiger partial charge in [0, 0.05) is 30.7 Å². The lowest BCUT2D eigenvalue weighted by Gasteiger charge is -2.15. The van der Waals surface area contributed by atoms with Gasteiger partial charge in [0.25, 0.3) is 5.91 Å². The largest absolute Gasteiger partial charge is 0.467 e. The van der Waals surface area contributed by atoms with Crippen molar-refractivity contribution in [2.75, 3.05) is 7.11 Å². The van der Waals surface area contributed by atoms with E-state index in [4.69, 9.17) is 4.74 Å². The average Bonchev–Trinajstić information content (AvgIpc) is 2.99. The number of hydrogen-bond acceptors (Lipinski definition) is 5. The molecule has 0 aromatic carbocycles. The molecular formula is C13H14N4O3. The van der Waals surface area contributed by atoms with Crippen molar-refractivity contribution < 1.29 is 14.3 Å². The van der Waals surface area contributed by atoms with E-state index < -0.39 is 12.0 Å². The van der Waals surface area contributed by atoms with Crippen LogP contribution < -0.4 is 5.32 Å². The molecule has 0 unspecified atom stereocenters. The molecule has 0 aliphatic carbocycles. The van der Waals surface area contributed by atoms with Crippen molar-refractivity contribution in [3.05, 3.63) is 48.3 Å². The molecule has 2 aromatic heterocycles. The average molecular weight is 274 g/mol. The SMILES string of the molecule is COC(=O)[C@H](Cc1cnc[nH]1)NC(=O)c1cccnc1. The number of nitrogens with one attached hydrogen (secondary N) is 2. The molecule has 2 heterocycles. The predicted octanol–water partition coefficient (Wildman–Crippen LogP) is 0.319. The topological polar surface area (TPSA) is 97.0 Å². The van der Waals surface area contributed by atoms with Crippen LogP contribution in [-0.2, 0) is 16.0 Å². The highest BCUT2D eigenvalue weighted by atomic mass is 16.5. The number of aromatic nitrogens is 3. The van der Waals surface area contributed by atoms with Crippen LogP contribution in [0.15, 0.2) is 37.1 Å². The Labute approximate surface area is 115 Å². The molecule has 7 heteroatoms. The monoisotopic (exact) mass is 274 g/mol. The Balaban J connectivity index is 2.08. The number of imidazole rings is 1. The van der Waals surface area contributed by atoms with E-state index in [9.17, 15) is 9.59 Å². The zero-order chi connectivity index (χ0) is 14.4. The van der Waals surface area contributed by atoms with Crippen molar-refractivity contribution in [2.24, 2.45) is 0 Å². The van der Waals surface area contributed by atoms with Crippen LogP contribution in [0.1, 0.15) is 16.1 Å². The number of H-pyrrole nitrogens is 1. The zero-order valence-electron chi connectivity index (χ0n) is 10.9. The number of hydrogen-bond donors (Lipinski definition) is 2. The van der Waals surface area contributed by atoms with E-state index in [2.05, 4.69) is 20.3 Å². The van der Waals surface area contributed by atoms with E-state index in [0.29, 0.717) is 5.56 Å². The molecule has 1 amide bonds. The first kappa shape index (κ1) is 13.7. The summed E-state index contributed by atoms with van der Waals surface area (Å²) in [4.78, 5) is 34.3. The van der Waals surface area contributed by atoms with Gasteiger partial charge in [-0.15, -0.1) is 0 Å². The minimum atomic E-state index is -0.784. The first-order valence-electron chi connectivity index (χ1n) is 5.96. The number of amides is 1. The van der Waals surface area contributed by atoms with Crippen molar-refractivity contribution in [3.8, 4) is 0 Å². The summed E-state index contributed by atoms with van der Waals surface area (Å²) in [7, 11) is 1.28. The molecule has 2 aromatic rings. The van der Waals surface area contributed by atoms with Crippen LogP contribution in [0.2, 0.25) is 0 Å². The third-order valence-corrected chi connectivity index (χ3v) is 2.69. The van der Waals surface area contributed by atoms with Gasteiger partial charge in [-0.1, -0.05) is 0 Å². The number of methoxy groups -OCH3 is 1. The molecular weight excluding hydrogens is 260 g/mol. The van der Waals surface area contributed by atoms with Crippen LogP contribution in [0.5, 0.6) is 0 Å². The van der Waals surface area contributed by atoms with E-state index in [1.807, 2.05) is 0 Å². The maximum Gasteiger partial charge on any atom is 0.328 e. The molecule has 0 fully saturated rings. The maximum absolute atomic E-state index is 12.0. The number of aromatic amines is 1. The van der Waals surface area contributed by atoms with Crippen LogP contribution >= 0.6 is 0 Å². The zero-order valence-corrected chi connectivity index (χ0v) is 10.9. The Morgan fingerprint density at radius 1 is 1.40 bits per heavy atom. The van der Waals surface area contributed by atoms with E-state index in [1.54, 1.807) is 24.5 Å². The fraction of sp³-hybridized carbons (Fsp3) is 0.231. The van der Waals surface area contributed by atoms with Gasteiger partial charge in [0.05, 0.1) is 19.0 Å². The third-order valence-electron chi connectivity index (χ3n) is 2.69. The molecule has 0 aliphatic heterocycles. The second kappa shape index (κ2) is 6.46. The van der Waals surface area contributed by atoms with Gasteiger partial charge in [-0.2, -0.15) is 0 Å². The number of carbonyl (C=O) groups excluding carboxylic acids is 2. The molecule has 0 saturated carbocycles. The Morgan fingerprint density at radius 3 is 2.85 bits per heavy atom. The fourth-order valence-electron chi connectivity index (χ4n) is 1.69. The molecule has 2 rings (SSSR count). The van der Waals surface area contributed by atoms with Gasteiger partial charge in [0.1, 0.15) is 6.04 Å². The van der Waals surface area contributed by atoms with E-state index >= 15 is 0 Å². The molecule has 104 valence electrons. The van der Waals surface area contributed by atoms with Crippen molar-refractivity contribution in [1.29, 1.82) is 0 Å².